The lowest BCUT2D eigenvalue weighted by atomic mass is 10.0. The number of unbranched alkanes of at least 4 members (excludes halogenated alkanes) is 1. The van der Waals surface area contributed by atoms with Crippen LogP contribution in [0.25, 0.3) is 0 Å². The topological polar surface area (TPSA) is 86.8 Å². The standard InChI is InChI=1S/C35H37BrClN3O4S/c1-3-4-21-38-35(42)33(23-27-9-6-5-7-10-27)39(24-28-11-8-12-29(36)22-28)34(41)25-40(31-17-13-26(2)14-18-31)45(43,44)32-19-15-30(37)16-20-32/h5-20,22,33H,3-4,21,23-25H2,1-2H3,(H,38,42)/t33-/m1/s1. The average molecular weight is 711 g/mol. The Bertz CT molecular complexity index is 1680. The van der Waals surface area contributed by atoms with Gasteiger partial charge in [0.2, 0.25) is 11.8 Å². The monoisotopic (exact) mass is 709 g/mol. The number of anilines is 1. The van der Waals surface area contributed by atoms with Gasteiger partial charge < -0.3 is 10.2 Å². The van der Waals surface area contributed by atoms with Gasteiger partial charge in [-0.1, -0.05) is 101 Å². The van der Waals surface area contributed by atoms with Crippen LogP contribution in [0, 0.1) is 6.92 Å². The second-order valence-electron chi connectivity index (χ2n) is 10.8. The number of amides is 2. The van der Waals surface area contributed by atoms with Crippen LogP contribution in [-0.4, -0.2) is 44.3 Å². The number of carbonyl (C=O) groups is 2. The maximum Gasteiger partial charge on any atom is 0.264 e. The van der Waals surface area contributed by atoms with Crippen LogP contribution in [0.15, 0.2) is 112 Å². The summed E-state index contributed by atoms with van der Waals surface area (Å²) in [6, 6.07) is 28.9. The van der Waals surface area contributed by atoms with E-state index in [-0.39, 0.29) is 23.8 Å². The van der Waals surface area contributed by atoms with E-state index >= 15 is 0 Å². The summed E-state index contributed by atoms with van der Waals surface area (Å²) in [7, 11) is -4.20. The summed E-state index contributed by atoms with van der Waals surface area (Å²) < 4.78 is 30.1. The van der Waals surface area contributed by atoms with Crippen LogP contribution in [0.1, 0.15) is 36.5 Å². The highest BCUT2D eigenvalue weighted by molar-refractivity contribution is 9.10. The van der Waals surface area contributed by atoms with Crippen molar-refractivity contribution >= 4 is 55.1 Å². The Labute approximate surface area is 279 Å². The van der Waals surface area contributed by atoms with Crippen LogP contribution in [0.4, 0.5) is 5.69 Å². The van der Waals surface area contributed by atoms with E-state index in [9.17, 15) is 18.0 Å². The number of hydrogen-bond acceptors (Lipinski definition) is 4. The van der Waals surface area contributed by atoms with Gasteiger partial charge in [-0.3, -0.25) is 13.9 Å². The Morgan fingerprint density at radius 1 is 0.889 bits per heavy atom. The molecular weight excluding hydrogens is 674 g/mol. The summed E-state index contributed by atoms with van der Waals surface area (Å²) in [5.74, 6) is -0.808. The van der Waals surface area contributed by atoms with Crippen molar-refractivity contribution in [1.29, 1.82) is 0 Å². The van der Waals surface area contributed by atoms with Crippen LogP contribution in [0.3, 0.4) is 0 Å². The molecule has 10 heteroatoms. The second-order valence-corrected chi connectivity index (χ2v) is 14.0. The lowest BCUT2D eigenvalue weighted by Gasteiger charge is -2.34. The Morgan fingerprint density at radius 3 is 2.20 bits per heavy atom. The predicted molar refractivity (Wildman–Crippen MR) is 184 cm³/mol. The molecule has 0 spiro atoms. The molecule has 0 aliphatic carbocycles. The molecule has 0 bridgehead atoms. The molecule has 0 heterocycles. The first-order valence-corrected chi connectivity index (χ1v) is 17.4. The first-order valence-electron chi connectivity index (χ1n) is 14.8. The quantitative estimate of drug-likeness (QED) is 0.141. The zero-order valence-electron chi connectivity index (χ0n) is 25.3. The van der Waals surface area contributed by atoms with Crippen molar-refractivity contribution in [2.75, 3.05) is 17.4 Å². The molecule has 45 heavy (non-hydrogen) atoms. The number of halogens is 2. The zero-order valence-corrected chi connectivity index (χ0v) is 28.5. The number of carbonyl (C=O) groups excluding carboxylic acids is 2. The van der Waals surface area contributed by atoms with E-state index in [0.717, 1.165) is 38.3 Å². The summed E-state index contributed by atoms with van der Waals surface area (Å²) in [6.07, 6.45) is 1.95. The van der Waals surface area contributed by atoms with Gasteiger partial charge in [-0.25, -0.2) is 8.42 Å². The molecule has 7 nitrogen and oxygen atoms in total. The van der Waals surface area contributed by atoms with E-state index < -0.39 is 28.5 Å². The van der Waals surface area contributed by atoms with Crippen molar-refractivity contribution in [3.63, 3.8) is 0 Å². The summed E-state index contributed by atoms with van der Waals surface area (Å²) in [5.41, 5.74) is 2.94. The Kier molecular flexibility index (Phi) is 12.2. The van der Waals surface area contributed by atoms with Gasteiger partial charge in [0.1, 0.15) is 12.6 Å². The van der Waals surface area contributed by atoms with Gasteiger partial charge in [-0.15, -0.1) is 0 Å². The maximum absolute atomic E-state index is 14.5. The minimum absolute atomic E-state index is 0.00282. The van der Waals surface area contributed by atoms with Gasteiger partial charge in [-0.2, -0.15) is 0 Å². The average Bonchev–Trinajstić information content (AvgIpc) is 3.02. The highest BCUT2D eigenvalue weighted by Crippen LogP contribution is 2.26. The molecule has 2 amide bonds. The van der Waals surface area contributed by atoms with Crippen molar-refractivity contribution in [2.45, 2.75) is 50.6 Å². The summed E-state index contributed by atoms with van der Waals surface area (Å²) >= 11 is 9.56. The van der Waals surface area contributed by atoms with Gasteiger partial charge in [0, 0.05) is 29.0 Å². The molecule has 4 aromatic rings. The molecule has 0 aromatic heterocycles. The lowest BCUT2D eigenvalue weighted by molar-refractivity contribution is -0.140. The van der Waals surface area contributed by atoms with Gasteiger partial charge >= 0.3 is 0 Å². The maximum atomic E-state index is 14.5. The third-order valence-corrected chi connectivity index (χ3v) is 9.88. The molecule has 0 aliphatic heterocycles. The number of nitrogens with one attached hydrogen (secondary N) is 1. The third kappa shape index (κ3) is 9.42. The van der Waals surface area contributed by atoms with Crippen LogP contribution >= 0.6 is 27.5 Å². The number of hydrogen-bond donors (Lipinski definition) is 1. The zero-order chi connectivity index (χ0) is 32.4. The molecule has 0 fully saturated rings. The van der Waals surface area contributed by atoms with Crippen LogP contribution < -0.4 is 9.62 Å². The number of benzene rings is 4. The molecule has 4 rings (SSSR count). The minimum atomic E-state index is -4.20. The molecule has 0 aliphatic rings. The smallest absolute Gasteiger partial charge is 0.264 e. The van der Waals surface area contributed by atoms with E-state index in [4.69, 9.17) is 11.6 Å². The minimum Gasteiger partial charge on any atom is -0.354 e. The van der Waals surface area contributed by atoms with Gasteiger partial charge in [-0.05, 0) is 73.0 Å². The van der Waals surface area contributed by atoms with Gasteiger partial charge in [0.15, 0.2) is 0 Å². The van der Waals surface area contributed by atoms with Crippen molar-refractivity contribution < 1.29 is 18.0 Å². The Hall–Kier alpha value is -3.66. The number of aryl methyl sites for hydroxylation is 1. The van der Waals surface area contributed by atoms with E-state index in [1.54, 1.807) is 24.3 Å². The SMILES string of the molecule is CCCCNC(=O)[C@@H](Cc1ccccc1)N(Cc1cccc(Br)c1)C(=O)CN(c1ccc(C)cc1)S(=O)(=O)c1ccc(Cl)cc1. The van der Waals surface area contributed by atoms with E-state index in [1.807, 2.05) is 68.4 Å². The van der Waals surface area contributed by atoms with E-state index in [0.29, 0.717) is 17.3 Å². The van der Waals surface area contributed by atoms with E-state index in [2.05, 4.69) is 21.2 Å². The van der Waals surface area contributed by atoms with E-state index in [1.165, 1.54) is 29.2 Å². The van der Waals surface area contributed by atoms with Crippen molar-refractivity contribution in [2.24, 2.45) is 0 Å². The number of sulfonamides is 1. The molecule has 236 valence electrons. The predicted octanol–water partition coefficient (Wildman–Crippen LogP) is 7.16. The van der Waals surface area contributed by atoms with Crippen LogP contribution in [0.2, 0.25) is 5.02 Å². The molecule has 4 aromatic carbocycles. The number of nitrogens with zero attached hydrogens (tertiary/aromatic N) is 2. The highest BCUT2D eigenvalue weighted by atomic mass is 79.9. The van der Waals surface area contributed by atoms with Crippen LogP contribution in [0.5, 0.6) is 0 Å². The fraction of sp³-hybridized carbons (Fsp3) is 0.257. The molecule has 0 saturated carbocycles. The summed E-state index contributed by atoms with van der Waals surface area (Å²) in [6.45, 7) is 3.99. The summed E-state index contributed by atoms with van der Waals surface area (Å²) in [4.78, 5) is 29.8. The Balaban J connectivity index is 1.78. The van der Waals surface area contributed by atoms with Gasteiger partial charge in [0.25, 0.3) is 10.0 Å². The second kappa shape index (κ2) is 16.1. The van der Waals surface area contributed by atoms with Crippen LogP contribution in [-0.2, 0) is 32.6 Å². The molecule has 1 atom stereocenters. The third-order valence-electron chi connectivity index (χ3n) is 7.35. The van der Waals surface area contributed by atoms with Crippen molar-refractivity contribution in [3.8, 4) is 0 Å². The van der Waals surface area contributed by atoms with Crippen molar-refractivity contribution in [1.82, 2.24) is 10.2 Å². The first-order chi connectivity index (χ1) is 21.6. The Morgan fingerprint density at radius 2 is 1.56 bits per heavy atom. The number of rotatable bonds is 14. The van der Waals surface area contributed by atoms with Gasteiger partial charge in [0.05, 0.1) is 10.6 Å². The highest BCUT2D eigenvalue weighted by Gasteiger charge is 2.34. The fourth-order valence-corrected chi connectivity index (χ4v) is 6.85. The van der Waals surface area contributed by atoms with Crippen molar-refractivity contribution in [3.05, 3.63) is 129 Å². The normalized spacial score (nSPS) is 11.9. The molecule has 0 radical (unpaired) electrons. The first kappa shape index (κ1) is 34.2. The molecule has 0 saturated heterocycles. The fourth-order valence-electron chi connectivity index (χ4n) is 4.87. The molecular formula is C35H37BrClN3O4S. The summed E-state index contributed by atoms with van der Waals surface area (Å²) in [5, 5.41) is 3.40. The largest absolute Gasteiger partial charge is 0.354 e. The molecule has 1 N–H and O–H groups in total. The molecule has 0 unspecified atom stereocenters. The lowest BCUT2D eigenvalue weighted by Crippen LogP contribution is -2.53.